The van der Waals surface area contributed by atoms with Crippen molar-refractivity contribution in [3.63, 3.8) is 0 Å². The lowest BCUT2D eigenvalue weighted by Crippen LogP contribution is -2.13. The number of benzene rings is 1. The van der Waals surface area contributed by atoms with E-state index < -0.39 is 0 Å². The van der Waals surface area contributed by atoms with Gasteiger partial charge in [-0.2, -0.15) is 0 Å². The molecule has 0 spiro atoms. The Morgan fingerprint density at radius 1 is 1.41 bits per heavy atom. The topological polar surface area (TPSA) is 33.6 Å². The van der Waals surface area contributed by atoms with Gasteiger partial charge in [0.25, 0.3) is 0 Å². The van der Waals surface area contributed by atoms with E-state index in [1.807, 2.05) is 36.0 Å². The van der Waals surface area contributed by atoms with Crippen LogP contribution in [0.3, 0.4) is 0 Å². The zero-order valence-corrected chi connectivity index (χ0v) is 11.3. The molecule has 1 aliphatic rings. The van der Waals surface area contributed by atoms with Crippen molar-refractivity contribution < 1.29 is 4.74 Å². The predicted molar refractivity (Wildman–Crippen MR) is 75.1 cm³/mol. The first-order chi connectivity index (χ1) is 8.20. The Kier molecular flexibility index (Phi) is 3.94. The van der Waals surface area contributed by atoms with Gasteiger partial charge in [-0.3, -0.25) is 4.99 Å². The molecule has 1 atom stereocenters. The molecule has 17 heavy (non-hydrogen) atoms. The highest BCUT2D eigenvalue weighted by Crippen LogP contribution is 2.30. The third kappa shape index (κ3) is 2.94. The molecular weight excluding hydrogens is 232 g/mol. The monoisotopic (exact) mass is 250 g/mol. The molecule has 0 bridgehead atoms. The fraction of sp³-hybridized carbons (Fsp3) is 0.462. The molecule has 3 nitrogen and oxygen atoms in total. The highest BCUT2D eigenvalue weighted by Gasteiger charge is 2.22. The molecule has 0 radical (unpaired) electrons. The zero-order chi connectivity index (χ0) is 12.3. The first-order valence-electron chi connectivity index (χ1n) is 5.82. The van der Waals surface area contributed by atoms with Gasteiger partial charge in [0.1, 0.15) is 5.75 Å². The Morgan fingerprint density at radius 2 is 2.18 bits per heavy atom. The summed E-state index contributed by atoms with van der Waals surface area (Å²) in [6.45, 7) is 5.37. The van der Waals surface area contributed by atoms with Crippen molar-refractivity contribution in [2.24, 2.45) is 10.9 Å². The number of hydrogen-bond acceptors (Lipinski definition) is 4. The maximum atomic E-state index is 5.30. The van der Waals surface area contributed by atoms with Crippen LogP contribution in [0.1, 0.15) is 13.8 Å². The summed E-state index contributed by atoms with van der Waals surface area (Å²) in [5.74, 6) is 1.50. The molecule has 0 fully saturated rings. The second kappa shape index (κ2) is 5.45. The van der Waals surface area contributed by atoms with Crippen LogP contribution in [-0.4, -0.2) is 24.1 Å². The van der Waals surface area contributed by atoms with Crippen molar-refractivity contribution in [2.45, 2.75) is 19.1 Å². The van der Waals surface area contributed by atoms with E-state index in [1.54, 1.807) is 7.11 Å². The Labute approximate surface area is 107 Å². The lowest BCUT2D eigenvalue weighted by Gasteiger charge is -2.13. The Bertz CT molecular complexity index is 418. The summed E-state index contributed by atoms with van der Waals surface area (Å²) >= 11 is 1.82. The number of nitrogens with one attached hydrogen (secondary N) is 1. The summed E-state index contributed by atoms with van der Waals surface area (Å²) in [7, 11) is 1.68. The van der Waals surface area contributed by atoms with Crippen LogP contribution < -0.4 is 10.1 Å². The van der Waals surface area contributed by atoms with Crippen LogP contribution in [0, 0.1) is 5.92 Å². The zero-order valence-electron chi connectivity index (χ0n) is 10.4. The van der Waals surface area contributed by atoms with Gasteiger partial charge in [-0.25, -0.2) is 0 Å². The summed E-state index contributed by atoms with van der Waals surface area (Å²) in [6, 6.07) is 7.91. The molecule has 0 amide bonds. The van der Waals surface area contributed by atoms with Crippen LogP contribution in [0.25, 0.3) is 0 Å². The molecule has 2 rings (SSSR count). The average Bonchev–Trinajstić information content (AvgIpc) is 2.78. The quantitative estimate of drug-likeness (QED) is 0.894. The third-order valence-corrected chi connectivity index (χ3v) is 4.22. The lowest BCUT2D eigenvalue weighted by molar-refractivity contribution is 0.417. The number of amidine groups is 1. The largest absolute Gasteiger partial charge is 0.495 e. The molecular formula is C13H18N2OS. The number of rotatable bonds is 3. The minimum absolute atomic E-state index is 0.590. The van der Waals surface area contributed by atoms with Gasteiger partial charge < -0.3 is 10.1 Å². The van der Waals surface area contributed by atoms with Crippen molar-refractivity contribution in [1.29, 1.82) is 0 Å². The van der Waals surface area contributed by atoms with Gasteiger partial charge in [0.15, 0.2) is 5.17 Å². The minimum atomic E-state index is 0.590. The van der Waals surface area contributed by atoms with E-state index in [2.05, 4.69) is 24.2 Å². The highest BCUT2D eigenvalue weighted by molar-refractivity contribution is 8.15. The molecule has 1 aromatic carbocycles. The second-order valence-electron chi connectivity index (χ2n) is 4.37. The molecule has 0 aliphatic carbocycles. The van der Waals surface area contributed by atoms with Crippen molar-refractivity contribution in [2.75, 3.05) is 19.0 Å². The van der Waals surface area contributed by atoms with Gasteiger partial charge in [-0.1, -0.05) is 37.7 Å². The number of ether oxygens (including phenoxy) is 1. The Balaban J connectivity index is 2.03. The smallest absolute Gasteiger partial charge is 0.161 e. The third-order valence-electron chi connectivity index (χ3n) is 2.77. The maximum absolute atomic E-state index is 5.30. The molecule has 1 N–H and O–H groups in total. The molecule has 1 aromatic rings. The van der Waals surface area contributed by atoms with Crippen LogP contribution in [0.2, 0.25) is 0 Å². The second-order valence-corrected chi connectivity index (χ2v) is 5.60. The highest BCUT2D eigenvalue weighted by atomic mass is 32.2. The van der Waals surface area contributed by atoms with Gasteiger partial charge in [0.2, 0.25) is 0 Å². The summed E-state index contributed by atoms with van der Waals surface area (Å²) in [6.07, 6.45) is 0. The van der Waals surface area contributed by atoms with Gasteiger partial charge >= 0.3 is 0 Å². The fourth-order valence-electron chi connectivity index (χ4n) is 1.67. The van der Waals surface area contributed by atoms with E-state index in [9.17, 15) is 0 Å². The van der Waals surface area contributed by atoms with Gasteiger partial charge in [-0.15, -0.1) is 0 Å². The first kappa shape index (κ1) is 12.3. The molecule has 0 saturated heterocycles. The number of anilines is 1. The Morgan fingerprint density at radius 3 is 2.82 bits per heavy atom. The molecule has 4 heteroatoms. The number of aliphatic imine (C=N–C) groups is 1. The van der Waals surface area contributed by atoms with E-state index >= 15 is 0 Å². The standard InChI is InChI=1S/C13H18N2OS/c1-9(2)12-8-14-13(17-12)15-10-6-4-5-7-11(10)16-3/h4-7,9,12H,8H2,1-3H3,(H,14,15). The number of para-hydroxylation sites is 2. The number of thioether (sulfide) groups is 1. The van der Waals surface area contributed by atoms with E-state index in [4.69, 9.17) is 4.74 Å². The van der Waals surface area contributed by atoms with Crippen molar-refractivity contribution in [1.82, 2.24) is 0 Å². The van der Waals surface area contributed by atoms with E-state index in [-0.39, 0.29) is 0 Å². The normalized spacial score (nSPS) is 19.3. The number of nitrogens with zero attached hydrogens (tertiary/aromatic N) is 1. The summed E-state index contributed by atoms with van der Waals surface area (Å²) in [4.78, 5) is 4.52. The molecule has 92 valence electrons. The summed E-state index contributed by atoms with van der Waals surface area (Å²) < 4.78 is 5.30. The van der Waals surface area contributed by atoms with E-state index in [0.29, 0.717) is 11.2 Å². The summed E-state index contributed by atoms with van der Waals surface area (Å²) in [5.41, 5.74) is 0.977. The van der Waals surface area contributed by atoms with E-state index in [1.165, 1.54) is 0 Å². The van der Waals surface area contributed by atoms with Crippen LogP contribution in [0.15, 0.2) is 29.3 Å². The SMILES string of the molecule is COc1ccccc1NC1=NCC(C(C)C)S1. The number of hydrogen-bond donors (Lipinski definition) is 1. The van der Waals surface area contributed by atoms with Crippen molar-refractivity contribution in [3.05, 3.63) is 24.3 Å². The Hall–Kier alpha value is -1.16. The van der Waals surface area contributed by atoms with Crippen LogP contribution >= 0.6 is 11.8 Å². The molecule has 0 saturated carbocycles. The molecule has 1 unspecified atom stereocenters. The van der Waals surface area contributed by atoms with Crippen molar-refractivity contribution >= 4 is 22.6 Å². The van der Waals surface area contributed by atoms with Crippen LogP contribution in [0.4, 0.5) is 5.69 Å². The summed E-state index contributed by atoms with van der Waals surface area (Å²) in [5, 5.41) is 4.92. The van der Waals surface area contributed by atoms with Gasteiger partial charge in [-0.05, 0) is 18.1 Å². The van der Waals surface area contributed by atoms with Crippen LogP contribution in [-0.2, 0) is 0 Å². The molecule has 1 aliphatic heterocycles. The maximum Gasteiger partial charge on any atom is 0.161 e. The number of methoxy groups -OCH3 is 1. The predicted octanol–water partition coefficient (Wildman–Crippen LogP) is 3.23. The van der Waals surface area contributed by atoms with E-state index in [0.717, 1.165) is 23.1 Å². The van der Waals surface area contributed by atoms with Crippen LogP contribution in [0.5, 0.6) is 5.75 Å². The minimum Gasteiger partial charge on any atom is -0.495 e. The van der Waals surface area contributed by atoms with Crippen molar-refractivity contribution in [3.8, 4) is 5.75 Å². The van der Waals surface area contributed by atoms with Gasteiger partial charge in [0.05, 0.1) is 19.3 Å². The molecule has 0 aromatic heterocycles. The fourth-order valence-corrected chi connectivity index (χ4v) is 2.70. The lowest BCUT2D eigenvalue weighted by atomic mass is 10.1. The van der Waals surface area contributed by atoms with Gasteiger partial charge in [0, 0.05) is 5.25 Å². The average molecular weight is 250 g/mol. The first-order valence-corrected chi connectivity index (χ1v) is 6.70. The molecule has 1 heterocycles.